The molecule has 0 fully saturated rings. The third-order valence-electron chi connectivity index (χ3n) is 2.35. The normalized spacial score (nSPS) is 13.7. The average molecular weight is 216 g/mol. The zero-order valence-corrected chi connectivity index (χ0v) is 10.6. The Labute approximate surface area is 93.4 Å². The molecule has 0 spiro atoms. The van der Waals surface area contributed by atoms with Crippen LogP contribution in [0.3, 0.4) is 0 Å². The summed E-state index contributed by atoms with van der Waals surface area (Å²) in [7, 11) is 1.62. The van der Waals surface area contributed by atoms with Gasteiger partial charge in [0.05, 0.1) is 12.4 Å². The lowest BCUT2D eigenvalue weighted by molar-refractivity contribution is -0.164. The minimum atomic E-state index is -0.312. The molecule has 15 heavy (non-hydrogen) atoms. The van der Waals surface area contributed by atoms with Gasteiger partial charge in [-0.2, -0.15) is 0 Å². The van der Waals surface area contributed by atoms with Crippen molar-refractivity contribution in [3.8, 4) is 0 Å². The van der Waals surface area contributed by atoms with Crippen molar-refractivity contribution in [2.45, 2.75) is 40.4 Å². The lowest BCUT2D eigenvalue weighted by atomic mass is 9.92. The van der Waals surface area contributed by atoms with Crippen LogP contribution in [0.25, 0.3) is 0 Å². The first kappa shape index (κ1) is 14.5. The van der Waals surface area contributed by atoms with Gasteiger partial charge >= 0.3 is 0 Å². The van der Waals surface area contributed by atoms with E-state index in [-0.39, 0.29) is 11.7 Å². The van der Waals surface area contributed by atoms with E-state index in [1.54, 1.807) is 7.11 Å². The Morgan fingerprint density at radius 2 is 2.00 bits per heavy atom. The predicted octanol–water partition coefficient (Wildman–Crippen LogP) is 2.96. The molecular formula is C12H24O3. The minimum absolute atomic E-state index is 0.181. The Hall–Kier alpha value is -0.540. The Kier molecular flexibility index (Phi) is 6.61. The van der Waals surface area contributed by atoms with Gasteiger partial charge in [0.15, 0.2) is 6.29 Å². The van der Waals surface area contributed by atoms with Crippen molar-refractivity contribution in [3.05, 3.63) is 12.3 Å². The highest BCUT2D eigenvalue weighted by Crippen LogP contribution is 2.20. The van der Waals surface area contributed by atoms with Crippen LogP contribution in [0.5, 0.6) is 0 Å². The summed E-state index contributed by atoms with van der Waals surface area (Å²) in [5, 5.41) is 0. The molecular weight excluding hydrogens is 192 g/mol. The van der Waals surface area contributed by atoms with Crippen LogP contribution in [0.1, 0.15) is 34.1 Å². The molecule has 0 aliphatic rings. The van der Waals surface area contributed by atoms with E-state index in [0.29, 0.717) is 19.0 Å². The number of ether oxygens (including phenoxy) is 3. The van der Waals surface area contributed by atoms with E-state index >= 15 is 0 Å². The third-order valence-corrected chi connectivity index (χ3v) is 2.35. The van der Waals surface area contributed by atoms with Gasteiger partial charge in [0.1, 0.15) is 6.61 Å². The van der Waals surface area contributed by atoms with Gasteiger partial charge in [-0.25, -0.2) is 0 Å². The maximum atomic E-state index is 5.61. The highest BCUT2D eigenvalue weighted by atomic mass is 16.7. The van der Waals surface area contributed by atoms with Crippen LogP contribution in [0.15, 0.2) is 12.3 Å². The fraction of sp³-hybridized carbons (Fsp3) is 0.833. The molecule has 0 rings (SSSR count). The van der Waals surface area contributed by atoms with Crippen molar-refractivity contribution in [2.75, 3.05) is 20.3 Å². The number of methoxy groups -OCH3 is 1. The highest BCUT2D eigenvalue weighted by molar-refractivity contribution is 4.73. The van der Waals surface area contributed by atoms with Crippen molar-refractivity contribution < 1.29 is 14.2 Å². The van der Waals surface area contributed by atoms with Gasteiger partial charge in [-0.15, -0.1) is 0 Å². The molecule has 1 unspecified atom stereocenters. The van der Waals surface area contributed by atoms with E-state index in [4.69, 9.17) is 14.2 Å². The van der Waals surface area contributed by atoms with Gasteiger partial charge in [0.2, 0.25) is 0 Å². The second kappa shape index (κ2) is 6.85. The maximum absolute atomic E-state index is 5.61. The Bertz CT molecular complexity index is 187. The molecule has 3 nitrogen and oxygen atoms in total. The Balaban J connectivity index is 3.84. The number of allylic oxidation sites excluding steroid dienone is 1. The molecule has 0 aromatic rings. The second-order valence-corrected chi connectivity index (χ2v) is 4.51. The molecule has 0 aliphatic carbocycles. The quantitative estimate of drug-likeness (QED) is 0.461. The van der Waals surface area contributed by atoms with Crippen LogP contribution in [-0.4, -0.2) is 26.6 Å². The highest BCUT2D eigenvalue weighted by Gasteiger charge is 2.18. The van der Waals surface area contributed by atoms with Gasteiger partial charge in [0.25, 0.3) is 0 Å². The van der Waals surface area contributed by atoms with E-state index in [1.807, 2.05) is 6.92 Å². The first-order valence-electron chi connectivity index (χ1n) is 5.34. The van der Waals surface area contributed by atoms with Crippen molar-refractivity contribution in [3.63, 3.8) is 0 Å². The monoisotopic (exact) mass is 216 g/mol. The van der Waals surface area contributed by atoms with E-state index in [0.717, 1.165) is 6.42 Å². The minimum Gasteiger partial charge on any atom is -0.494 e. The van der Waals surface area contributed by atoms with Crippen LogP contribution in [0.2, 0.25) is 0 Å². The smallest absolute Gasteiger partial charge is 0.191 e. The maximum Gasteiger partial charge on any atom is 0.191 e. The summed E-state index contributed by atoms with van der Waals surface area (Å²) in [6.07, 6.45) is 0.762. The Morgan fingerprint density at radius 1 is 1.40 bits per heavy atom. The zero-order valence-electron chi connectivity index (χ0n) is 10.6. The molecule has 0 amide bonds. The molecule has 0 saturated heterocycles. The molecule has 0 aliphatic heterocycles. The fourth-order valence-corrected chi connectivity index (χ4v) is 0.815. The third kappa shape index (κ3) is 7.40. The lowest BCUT2D eigenvalue weighted by Gasteiger charge is -2.25. The Morgan fingerprint density at radius 3 is 2.40 bits per heavy atom. The molecule has 1 atom stereocenters. The molecule has 0 heterocycles. The fourth-order valence-electron chi connectivity index (χ4n) is 0.815. The van der Waals surface area contributed by atoms with Crippen LogP contribution in [0.4, 0.5) is 0 Å². The molecule has 90 valence electrons. The van der Waals surface area contributed by atoms with Crippen LogP contribution in [0, 0.1) is 5.41 Å². The summed E-state index contributed by atoms with van der Waals surface area (Å²) in [5.41, 5.74) is 0.181. The molecule has 0 radical (unpaired) electrons. The lowest BCUT2D eigenvalue weighted by Crippen LogP contribution is -2.28. The summed E-state index contributed by atoms with van der Waals surface area (Å²) in [5.74, 6) is 0.676. The van der Waals surface area contributed by atoms with Crippen molar-refractivity contribution >= 4 is 0 Å². The summed E-state index contributed by atoms with van der Waals surface area (Å²) in [6.45, 7) is 13.0. The standard InChI is InChI=1S/C12H24O3/c1-7-12(4,5)9-15-11(13-6)8-14-10(2)3/h11H,2,7-9H2,1,3-6H3. The summed E-state index contributed by atoms with van der Waals surface area (Å²) in [4.78, 5) is 0. The molecule has 0 aromatic heterocycles. The zero-order chi connectivity index (χ0) is 11.9. The van der Waals surface area contributed by atoms with Gasteiger partial charge in [-0.3, -0.25) is 0 Å². The predicted molar refractivity (Wildman–Crippen MR) is 61.6 cm³/mol. The van der Waals surface area contributed by atoms with E-state index in [2.05, 4.69) is 27.4 Å². The van der Waals surface area contributed by atoms with Crippen LogP contribution < -0.4 is 0 Å². The van der Waals surface area contributed by atoms with Crippen LogP contribution >= 0.6 is 0 Å². The summed E-state index contributed by atoms with van der Waals surface area (Å²) in [6, 6.07) is 0. The van der Waals surface area contributed by atoms with Gasteiger partial charge < -0.3 is 14.2 Å². The largest absolute Gasteiger partial charge is 0.494 e. The van der Waals surface area contributed by atoms with Crippen molar-refractivity contribution in [1.29, 1.82) is 0 Å². The molecule has 0 saturated carbocycles. The number of rotatable bonds is 8. The van der Waals surface area contributed by atoms with Gasteiger partial charge in [-0.05, 0) is 18.8 Å². The average Bonchev–Trinajstić information content (AvgIpc) is 2.18. The van der Waals surface area contributed by atoms with Gasteiger partial charge in [0, 0.05) is 7.11 Å². The number of hydrogen-bond acceptors (Lipinski definition) is 3. The van der Waals surface area contributed by atoms with E-state index in [1.165, 1.54) is 0 Å². The number of hydrogen-bond donors (Lipinski definition) is 0. The van der Waals surface area contributed by atoms with Crippen molar-refractivity contribution in [1.82, 2.24) is 0 Å². The molecule has 0 bridgehead atoms. The molecule has 0 aromatic carbocycles. The molecule has 0 N–H and O–H groups in total. The summed E-state index contributed by atoms with van der Waals surface area (Å²) >= 11 is 0. The molecule has 3 heteroatoms. The van der Waals surface area contributed by atoms with Gasteiger partial charge in [-0.1, -0.05) is 27.4 Å². The second-order valence-electron chi connectivity index (χ2n) is 4.51. The first-order valence-corrected chi connectivity index (χ1v) is 5.34. The summed E-state index contributed by atoms with van der Waals surface area (Å²) < 4.78 is 16.0. The van der Waals surface area contributed by atoms with E-state index < -0.39 is 0 Å². The topological polar surface area (TPSA) is 27.7 Å². The van der Waals surface area contributed by atoms with Crippen molar-refractivity contribution in [2.24, 2.45) is 5.41 Å². The first-order chi connectivity index (χ1) is 6.91. The van der Waals surface area contributed by atoms with E-state index in [9.17, 15) is 0 Å². The van der Waals surface area contributed by atoms with Crippen LogP contribution in [-0.2, 0) is 14.2 Å². The SMILES string of the molecule is C=C(C)OCC(OC)OCC(C)(C)CC.